The maximum absolute atomic E-state index is 14.2. The van der Waals surface area contributed by atoms with Gasteiger partial charge in [-0.3, -0.25) is 14.4 Å². The summed E-state index contributed by atoms with van der Waals surface area (Å²) in [4.78, 5) is 19.0. The highest BCUT2D eigenvalue weighted by Crippen LogP contribution is 2.31. The lowest BCUT2D eigenvalue weighted by Crippen LogP contribution is -2.34. The zero-order valence-electron chi connectivity index (χ0n) is 17.3. The average Bonchev–Trinajstić information content (AvgIpc) is 3.30. The molecule has 0 fully saturated rings. The average molecular weight is 441 g/mol. The molecular formula is C23H22F2N4OS. The van der Waals surface area contributed by atoms with E-state index in [1.165, 1.54) is 6.07 Å². The molecule has 4 aromatic rings. The minimum absolute atomic E-state index is 0.0772. The minimum atomic E-state index is -0.729. The highest BCUT2D eigenvalue weighted by molar-refractivity contribution is 7.22. The van der Waals surface area contributed by atoms with E-state index in [0.29, 0.717) is 29.3 Å². The van der Waals surface area contributed by atoms with E-state index >= 15 is 0 Å². The number of halogens is 2. The number of hydrogen-bond donors (Lipinski definition) is 0. The number of amides is 1. The standard InChI is InChI=1S/C23H22F2N4OS/c1-15-12-16(2)29(27-15)11-10-28(21(30)9-8-17-6-4-3-5-7-17)23-26-22-19(25)13-18(24)14-20(22)31-23/h3-7,12-14H,8-11H2,1-2H3. The van der Waals surface area contributed by atoms with Gasteiger partial charge in [-0.25, -0.2) is 13.8 Å². The molecule has 5 nitrogen and oxygen atoms in total. The molecule has 0 atom stereocenters. The van der Waals surface area contributed by atoms with Gasteiger partial charge in [0.05, 0.1) is 16.9 Å². The summed E-state index contributed by atoms with van der Waals surface area (Å²) in [6.07, 6.45) is 0.873. The van der Waals surface area contributed by atoms with Crippen molar-refractivity contribution >= 4 is 32.6 Å². The van der Waals surface area contributed by atoms with Gasteiger partial charge < -0.3 is 0 Å². The molecule has 1 amide bonds. The minimum Gasteiger partial charge on any atom is -0.286 e. The lowest BCUT2D eigenvalue weighted by molar-refractivity contribution is -0.118. The second-order valence-corrected chi connectivity index (χ2v) is 8.42. The fourth-order valence-corrected chi connectivity index (χ4v) is 4.56. The highest BCUT2D eigenvalue weighted by Gasteiger charge is 2.21. The molecule has 2 heterocycles. The predicted molar refractivity (Wildman–Crippen MR) is 118 cm³/mol. The summed E-state index contributed by atoms with van der Waals surface area (Å²) in [5.74, 6) is -1.51. The van der Waals surface area contributed by atoms with E-state index in [1.54, 1.807) is 4.90 Å². The van der Waals surface area contributed by atoms with Crippen LogP contribution in [-0.2, 0) is 17.8 Å². The van der Waals surface area contributed by atoms with Crippen LogP contribution in [0.25, 0.3) is 10.2 Å². The van der Waals surface area contributed by atoms with Gasteiger partial charge in [0.25, 0.3) is 0 Å². The fourth-order valence-electron chi connectivity index (χ4n) is 3.51. The van der Waals surface area contributed by atoms with Crippen molar-refractivity contribution in [2.45, 2.75) is 33.2 Å². The fraction of sp³-hybridized carbons (Fsp3) is 0.261. The summed E-state index contributed by atoms with van der Waals surface area (Å²) in [7, 11) is 0. The number of aryl methyl sites for hydroxylation is 3. The van der Waals surface area contributed by atoms with Crippen molar-refractivity contribution < 1.29 is 13.6 Å². The number of hydrogen-bond acceptors (Lipinski definition) is 4. The van der Waals surface area contributed by atoms with Crippen molar-refractivity contribution in [2.75, 3.05) is 11.4 Å². The van der Waals surface area contributed by atoms with Gasteiger partial charge in [0.2, 0.25) is 5.91 Å². The number of carbonyl (C=O) groups is 1. The van der Waals surface area contributed by atoms with Gasteiger partial charge in [-0.05, 0) is 38.0 Å². The molecule has 0 bridgehead atoms. The quantitative estimate of drug-likeness (QED) is 0.404. The monoisotopic (exact) mass is 440 g/mol. The summed E-state index contributed by atoms with van der Waals surface area (Å²) in [5, 5.41) is 4.81. The largest absolute Gasteiger partial charge is 0.286 e. The van der Waals surface area contributed by atoms with Crippen molar-refractivity contribution in [1.29, 1.82) is 0 Å². The highest BCUT2D eigenvalue weighted by atomic mass is 32.1. The van der Waals surface area contributed by atoms with Crippen molar-refractivity contribution in [3.05, 3.63) is 77.1 Å². The number of nitrogens with zero attached hydrogens (tertiary/aromatic N) is 4. The molecule has 0 radical (unpaired) electrons. The molecule has 0 aliphatic heterocycles. The Morgan fingerprint density at radius 1 is 1.13 bits per heavy atom. The first-order valence-corrected chi connectivity index (χ1v) is 10.8. The molecule has 2 aromatic carbocycles. The van der Waals surface area contributed by atoms with Crippen molar-refractivity contribution in [3.8, 4) is 0 Å². The van der Waals surface area contributed by atoms with Gasteiger partial charge in [0.1, 0.15) is 11.3 Å². The lowest BCUT2D eigenvalue weighted by Gasteiger charge is -2.20. The maximum Gasteiger partial charge on any atom is 0.229 e. The second-order valence-electron chi connectivity index (χ2n) is 7.41. The first-order valence-electron chi connectivity index (χ1n) is 10.0. The summed E-state index contributed by atoms with van der Waals surface area (Å²) in [6, 6.07) is 13.8. The predicted octanol–water partition coefficient (Wildman–Crippen LogP) is 5.05. The van der Waals surface area contributed by atoms with Crippen LogP contribution in [-0.4, -0.2) is 27.2 Å². The molecular weight excluding hydrogens is 418 g/mol. The van der Waals surface area contributed by atoms with Crippen LogP contribution in [0, 0.1) is 25.5 Å². The normalized spacial score (nSPS) is 11.2. The Kier molecular flexibility index (Phi) is 6.08. The van der Waals surface area contributed by atoms with Crippen LogP contribution < -0.4 is 4.90 Å². The topological polar surface area (TPSA) is 51.0 Å². The van der Waals surface area contributed by atoms with Crippen LogP contribution in [0.2, 0.25) is 0 Å². The van der Waals surface area contributed by atoms with Crippen molar-refractivity contribution in [1.82, 2.24) is 14.8 Å². The number of benzene rings is 2. The third kappa shape index (κ3) is 4.80. The third-order valence-electron chi connectivity index (χ3n) is 5.04. The molecule has 0 saturated carbocycles. The summed E-state index contributed by atoms with van der Waals surface area (Å²) in [6.45, 7) is 4.68. The van der Waals surface area contributed by atoms with E-state index in [0.717, 1.165) is 34.4 Å². The van der Waals surface area contributed by atoms with Gasteiger partial charge in [0.15, 0.2) is 10.9 Å². The SMILES string of the molecule is Cc1cc(C)n(CCN(C(=O)CCc2ccccc2)c2nc3c(F)cc(F)cc3s2)n1. The number of thiazole rings is 1. The second kappa shape index (κ2) is 8.93. The van der Waals surface area contributed by atoms with Crippen LogP contribution in [0.15, 0.2) is 48.5 Å². The van der Waals surface area contributed by atoms with E-state index in [4.69, 9.17) is 0 Å². The van der Waals surface area contributed by atoms with Crippen LogP contribution in [0.3, 0.4) is 0 Å². The van der Waals surface area contributed by atoms with E-state index < -0.39 is 11.6 Å². The molecule has 0 unspecified atom stereocenters. The van der Waals surface area contributed by atoms with E-state index in [2.05, 4.69) is 10.1 Å². The van der Waals surface area contributed by atoms with Gasteiger partial charge >= 0.3 is 0 Å². The van der Waals surface area contributed by atoms with Crippen molar-refractivity contribution in [2.24, 2.45) is 0 Å². The zero-order valence-corrected chi connectivity index (χ0v) is 18.1. The number of rotatable bonds is 7. The molecule has 31 heavy (non-hydrogen) atoms. The molecule has 4 rings (SSSR count). The molecule has 0 spiro atoms. The summed E-state index contributed by atoms with van der Waals surface area (Å²) >= 11 is 1.11. The number of fused-ring (bicyclic) bond motifs is 1. The maximum atomic E-state index is 14.2. The molecule has 0 saturated heterocycles. The Bertz CT molecular complexity index is 1220. The molecule has 0 aliphatic rings. The molecule has 160 valence electrons. The smallest absolute Gasteiger partial charge is 0.229 e. The van der Waals surface area contributed by atoms with E-state index in [1.807, 2.05) is 54.9 Å². The Morgan fingerprint density at radius 2 is 1.90 bits per heavy atom. The number of anilines is 1. The van der Waals surface area contributed by atoms with Gasteiger partial charge in [-0.1, -0.05) is 41.7 Å². The molecule has 2 aromatic heterocycles. The van der Waals surface area contributed by atoms with E-state index in [9.17, 15) is 13.6 Å². The van der Waals surface area contributed by atoms with E-state index in [-0.39, 0.29) is 17.8 Å². The molecule has 0 N–H and O–H groups in total. The van der Waals surface area contributed by atoms with Crippen LogP contribution in [0.4, 0.5) is 13.9 Å². The molecule has 0 aliphatic carbocycles. The van der Waals surface area contributed by atoms with Crippen LogP contribution in [0.1, 0.15) is 23.4 Å². The Balaban J connectivity index is 1.60. The molecule has 8 heteroatoms. The third-order valence-corrected chi connectivity index (χ3v) is 6.07. The van der Waals surface area contributed by atoms with Gasteiger partial charge in [-0.2, -0.15) is 5.10 Å². The van der Waals surface area contributed by atoms with Crippen LogP contribution >= 0.6 is 11.3 Å². The number of aromatic nitrogens is 3. The zero-order chi connectivity index (χ0) is 22.0. The van der Waals surface area contributed by atoms with Gasteiger partial charge in [0, 0.05) is 24.7 Å². The van der Waals surface area contributed by atoms with Crippen molar-refractivity contribution in [3.63, 3.8) is 0 Å². The lowest BCUT2D eigenvalue weighted by atomic mass is 10.1. The van der Waals surface area contributed by atoms with Crippen LogP contribution in [0.5, 0.6) is 0 Å². The number of carbonyl (C=O) groups excluding carboxylic acids is 1. The van der Waals surface area contributed by atoms with Gasteiger partial charge in [-0.15, -0.1) is 0 Å². The summed E-state index contributed by atoms with van der Waals surface area (Å²) < 4.78 is 30.0. The summed E-state index contributed by atoms with van der Waals surface area (Å²) in [5.41, 5.74) is 3.03. The Morgan fingerprint density at radius 3 is 2.61 bits per heavy atom. The first-order chi connectivity index (χ1) is 14.9. The Labute approximate surface area is 183 Å². The first kappa shape index (κ1) is 21.1. The Hall–Kier alpha value is -3.13.